The zero-order valence-corrected chi connectivity index (χ0v) is 18.9. The fraction of sp³-hybridized carbons (Fsp3) is 0.478. The molecule has 2 amide bonds. The second-order valence-electron chi connectivity index (χ2n) is 8.64. The average molecular weight is 480 g/mol. The fourth-order valence-electron chi connectivity index (χ4n) is 3.65. The molecule has 0 unspecified atom stereocenters. The van der Waals surface area contributed by atoms with E-state index in [-0.39, 0.29) is 18.7 Å². The second-order valence-corrected chi connectivity index (χ2v) is 8.64. The van der Waals surface area contributed by atoms with Crippen LogP contribution in [0.4, 0.5) is 13.2 Å². The van der Waals surface area contributed by atoms with Crippen LogP contribution in [0.25, 0.3) is 10.9 Å². The molecule has 2 heterocycles. The molecule has 1 N–H and O–H groups in total. The van der Waals surface area contributed by atoms with Crippen LogP contribution in [0.5, 0.6) is 5.75 Å². The highest BCUT2D eigenvalue weighted by Gasteiger charge is 2.47. The van der Waals surface area contributed by atoms with Crippen molar-refractivity contribution in [2.24, 2.45) is 0 Å². The van der Waals surface area contributed by atoms with Crippen LogP contribution >= 0.6 is 0 Å². The van der Waals surface area contributed by atoms with Gasteiger partial charge in [-0.3, -0.25) is 14.6 Å². The van der Waals surface area contributed by atoms with Gasteiger partial charge in [-0.2, -0.15) is 9.65 Å². The van der Waals surface area contributed by atoms with Gasteiger partial charge in [-0.05, 0) is 24.3 Å². The van der Waals surface area contributed by atoms with Gasteiger partial charge in [0.2, 0.25) is 12.7 Å². The minimum atomic E-state index is -3.15. The number of alkyl halides is 3. The Morgan fingerprint density at radius 3 is 2.88 bits per heavy atom. The summed E-state index contributed by atoms with van der Waals surface area (Å²) in [5.74, 6) is -4.15. The number of rotatable bonds is 9. The maximum atomic E-state index is 13.6. The number of carbonyl (C=O) groups excluding carboxylic acids is 2. The normalized spacial score (nSPS) is 18.7. The lowest BCUT2D eigenvalue weighted by molar-refractivity contribution is -0.902. The molecule has 34 heavy (non-hydrogen) atoms. The highest BCUT2D eigenvalue weighted by molar-refractivity contribution is 6.07. The van der Waals surface area contributed by atoms with Crippen molar-refractivity contribution in [3.8, 4) is 11.8 Å². The number of carbonyl (C=O) groups is 2. The molecule has 8 nitrogen and oxygen atoms in total. The highest BCUT2D eigenvalue weighted by atomic mass is 19.3. The van der Waals surface area contributed by atoms with Crippen LogP contribution in [-0.4, -0.2) is 85.2 Å². The van der Waals surface area contributed by atoms with Crippen LogP contribution in [0.15, 0.2) is 30.5 Å². The van der Waals surface area contributed by atoms with Gasteiger partial charge in [0, 0.05) is 24.4 Å². The van der Waals surface area contributed by atoms with E-state index in [9.17, 15) is 22.8 Å². The van der Waals surface area contributed by atoms with Crippen LogP contribution < -0.4 is 10.1 Å². The molecule has 0 spiro atoms. The van der Waals surface area contributed by atoms with Crippen molar-refractivity contribution in [3.05, 3.63) is 36.0 Å². The molecule has 182 valence electrons. The van der Waals surface area contributed by atoms with Crippen molar-refractivity contribution >= 4 is 22.7 Å². The minimum Gasteiger partial charge on any atom is -0.493 e. The highest BCUT2D eigenvalue weighted by Crippen LogP contribution is 2.31. The van der Waals surface area contributed by atoms with E-state index in [4.69, 9.17) is 12.7 Å². The summed E-state index contributed by atoms with van der Waals surface area (Å²) < 4.78 is 60.5. The number of aromatic nitrogens is 1. The van der Waals surface area contributed by atoms with E-state index in [1.54, 1.807) is 24.3 Å². The Morgan fingerprint density at radius 1 is 1.41 bits per heavy atom. The predicted octanol–water partition coefficient (Wildman–Crippen LogP) is 2.50. The van der Waals surface area contributed by atoms with Gasteiger partial charge in [-0.15, -0.1) is 0 Å². The molecule has 0 aliphatic carbocycles. The van der Waals surface area contributed by atoms with Crippen LogP contribution in [0.2, 0.25) is 0 Å². The van der Waals surface area contributed by atoms with Crippen molar-refractivity contribution in [3.63, 3.8) is 0 Å². The number of likely N-dealkylation sites (tertiary alicyclic amines) is 1. The number of fused-ring (bicyclic) bond motifs is 1. The van der Waals surface area contributed by atoms with Gasteiger partial charge in [0.25, 0.3) is 11.8 Å². The third-order valence-corrected chi connectivity index (χ3v) is 5.46. The number of quaternary nitrogens is 1. The van der Waals surface area contributed by atoms with Crippen molar-refractivity contribution in [1.29, 1.82) is 5.26 Å². The first-order chi connectivity index (χ1) is 16.7. The first kappa shape index (κ1) is 22.4. The Labute approximate surface area is 198 Å². The lowest BCUT2D eigenvalue weighted by Gasteiger charge is -2.25. The predicted molar refractivity (Wildman–Crippen MR) is 118 cm³/mol. The van der Waals surface area contributed by atoms with Gasteiger partial charge in [0.1, 0.15) is 14.5 Å². The second kappa shape index (κ2) is 10.3. The summed E-state index contributed by atoms with van der Waals surface area (Å²) in [6, 6.07) is 6.74. The van der Waals surface area contributed by atoms with Crippen LogP contribution in [0.1, 0.15) is 25.9 Å². The first-order valence-electron chi connectivity index (χ1n) is 11.6. The number of pyridine rings is 1. The van der Waals surface area contributed by atoms with Crippen LogP contribution in [0.3, 0.4) is 0 Å². The lowest BCUT2D eigenvalue weighted by atomic mass is 10.1. The molecule has 0 saturated carbocycles. The number of benzene rings is 1. The lowest BCUT2D eigenvalue weighted by Crippen LogP contribution is -2.43. The van der Waals surface area contributed by atoms with E-state index in [0.717, 1.165) is 4.90 Å². The first-order valence-corrected chi connectivity index (χ1v) is 10.6. The van der Waals surface area contributed by atoms with E-state index < -0.39 is 54.5 Å². The summed E-state index contributed by atoms with van der Waals surface area (Å²) in [7, 11) is 2.88. The number of hydrogen-bond acceptors (Lipinski definition) is 5. The van der Waals surface area contributed by atoms with Gasteiger partial charge >= 0.3 is 0 Å². The number of nitrogens with one attached hydrogen (secondary N) is 1. The number of hydrogen-bond donors (Lipinski definition) is 1. The average Bonchev–Trinajstić information content (AvgIpc) is 3.13. The Hall–Kier alpha value is -3.39. The SMILES string of the molecule is [2H]C([2H])([18F])[N+](C)(C)CCCOc1ccc2nccc(C(=O)NCC(=O)N3CC(F)(F)C[C@H]3C#N)c2c1. The Balaban J connectivity index is 1.64. The molecule has 1 aliphatic rings. The van der Waals surface area contributed by atoms with E-state index >= 15 is 0 Å². The molecular weight excluding hydrogens is 450 g/mol. The third kappa shape index (κ3) is 6.14. The van der Waals surface area contributed by atoms with E-state index in [1.165, 1.54) is 26.4 Å². The number of nitriles is 1. The monoisotopic (exact) mass is 479 g/mol. The summed E-state index contributed by atoms with van der Waals surface area (Å²) in [5.41, 5.74) is 0.666. The van der Waals surface area contributed by atoms with Crippen molar-refractivity contribution < 1.29 is 34.7 Å². The largest absolute Gasteiger partial charge is 0.493 e. The minimum absolute atomic E-state index is 0.181. The molecule has 0 bridgehead atoms. The van der Waals surface area contributed by atoms with Gasteiger partial charge in [-0.25, -0.2) is 8.78 Å². The van der Waals surface area contributed by atoms with Crippen LogP contribution in [0, 0.1) is 11.3 Å². The quantitative estimate of drug-likeness (QED) is 0.339. The van der Waals surface area contributed by atoms with Gasteiger partial charge in [0.15, 0.2) is 0 Å². The smallest absolute Gasteiger partial charge is 0.268 e. The third-order valence-electron chi connectivity index (χ3n) is 5.46. The molecular formula is C23H27F3N5O3+. The number of amides is 2. The molecule has 1 fully saturated rings. The van der Waals surface area contributed by atoms with Crippen molar-refractivity contribution in [2.45, 2.75) is 24.8 Å². The Kier molecular flexibility index (Phi) is 6.76. The van der Waals surface area contributed by atoms with Crippen molar-refractivity contribution in [2.75, 3.05) is 47.1 Å². The number of nitrogens with zero attached hydrogens (tertiary/aromatic N) is 4. The standard InChI is InChI=1S/C23H26F3N5O3/c1-31(2,15-24)8-3-9-34-17-4-5-20-19(10-17)18(6-7-28-20)22(33)29-13-21(32)30-14-23(25,26)11-16(30)12-27/h4-7,10,16H,3,8-9,11,13-15H2,1-2H3/p+1/t16-/m0/s1/i15D2,24-1. The zero-order chi connectivity index (χ0) is 26.7. The molecule has 2 aromatic rings. The Morgan fingerprint density at radius 2 is 2.18 bits per heavy atom. The zero-order valence-electron chi connectivity index (χ0n) is 20.9. The summed E-state index contributed by atoms with van der Waals surface area (Å²) in [4.78, 5) is 30.1. The Bertz CT molecular complexity index is 1180. The molecule has 0 radical (unpaired) electrons. The summed E-state index contributed by atoms with van der Waals surface area (Å²) in [5, 5.41) is 11.9. The molecule has 3 rings (SSSR count). The van der Waals surface area contributed by atoms with Gasteiger partial charge < -0.3 is 19.4 Å². The number of ether oxygens (including phenoxy) is 1. The summed E-state index contributed by atoms with van der Waals surface area (Å²) >= 11 is 0. The molecule has 1 atom stereocenters. The van der Waals surface area contributed by atoms with Gasteiger partial charge in [0.05, 0.1) is 57.5 Å². The molecule has 1 aliphatic heterocycles. The van der Waals surface area contributed by atoms with Crippen molar-refractivity contribution in [1.82, 2.24) is 15.2 Å². The molecule has 11 heteroatoms. The van der Waals surface area contributed by atoms with E-state index in [1.807, 2.05) is 0 Å². The van der Waals surface area contributed by atoms with Gasteiger partial charge in [-0.1, -0.05) is 0 Å². The maximum absolute atomic E-state index is 13.6. The van der Waals surface area contributed by atoms with E-state index in [2.05, 4.69) is 10.3 Å². The number of halogens is 3. The molecule has 1 aromatic heterocycles. The molecule has 1 aromatic carbocycles. The van der Waals surface area contributed by atoms with Crippen LogP contribution in [-0.2, 0) is 4.79 Å². The summed E-state index contributed by atoms with van der Waals surface area (Å²) in [6.45, 7) is -3.94. The van der Waals surface area contributed by atoms with E-state index in [0.29, 0.717) is 23.1 Å². The molecule has 1 saturated heterocycles. The fourth-order valence-corrected chi connectivity index (χ4v) is 3.65. The topological polar surface area (TPSA) is 95.3 Å². The summed E-state index contributed by atoms with van der Waals surface area (Å²) in [6.07, 6.45) is 1.05. The maximum Gasteiger partial charge on any atom is 0.268 e.